The minimum atomic E-state index is 0.127. The number of pyridine rings is 1. The molecule has 128 valence electrons. The van der Waals surface area contributed by atoms with Gasteiger partial charge in [-0.15, -0.1) is 0 Å². The number of nitrogens with zero attached hydrogens (tertiary/aromatic N) is 2. The van der Waals surface area contributed by atoms with Gasteiger partial charge < -0.3 is 15.0 Å². The third-order valence-electron chi connectivity index (χ3n) is 4.75. The summed E-state index contributed by atoms with van der Waals surface area (Å²) < 4.78 is 6.02. The first-order valence-corrected chi connectivity index (χ1v) is 8.85. The quantitative estimate of drug-likeness (QED) is 0.884. The van der Waals surface area contributed by atoms with Crippen LogP contribution in [-0.2, 0) is 6.61 Å². The van der Waals surface area contributed by atoms with Crippen LogP contribution in [-0.4, -0.2) is 36.1 Å². The summed E-state index contributed by atoms with van der Waals surface area (Å²) in [6.07, 6.45) is 1.84. The number of likely N-dealkylation sites (N-methyl/N-ethyl adjacent to an activating group) is 1. The van der Waals surface area contributed by atoms with Gasteiger partial charge in [0.15, 0.2) is 0 Å². The number of benzene rings is 1. The van der Waals surface area contributed by atoms with Crippen LogP contribution in [0.4, 0.5) is 0 Å². The van der Waals surface area contributed by atoms with Crippen molar-refractivity contribution in [3.8, 4) is 5.75 Å². The smallest absolute Gasteiger partial charge is 0.131 e. The van der Waals surface area contributed by atoms with Crippen LogP contribution >= 0.6 is 0 Å². The molecule has 2 aromatic rings. The van der Waals surface area contributed by atoms with Gasteiger partial charge in [-0.2, -0.15) is 0 Å². The maximum Gasteiger partial charge on any atom is 0.131 e. The normalized spacial score (nSPS) is 16.2. The Hall–Kier alpha value is -1.91. The summed E-state index contributed by atoms with van der Waals surface area (Å²) in [7, 11) is 0. The van der Waals surface area contributed by atoms with E-state index in [-0.39, 0.29) is 6.04 Å². The van der Waals surface area contributed by atoms with E-state index in [4.69, 9.17) is 4.74 Å². The fourth-order valence-corrected chi connectivity index (χ4v) is 3.30. The summed E-state index contributed by atoms with van der Waals surface area (Å²) in [4.78, 5) is 6.97. The fraction of sp³-hybridized carbons (Fsp3) is 0.450. The lowest BCUT2D eigenvalue weighted by Gasteiger charge is -2.23. The zero-order chi connectivity index (χ0) is 16.9. The number of aryl methyl sites for hydroxylation is 1. The van der Waals surface area contributed by atoms with Crippen LogP contribution in [0.1, 0.15) is 42.3 Å². The Morgan fingerprint density at radius 2 is 2.04 bits per heavy atom. The molecule has 1 aromatic heterocycles. The Kier molecular flexibility index (Phi) is 5.48. The third-order valence-corrected chi connectivity index (χ3v) is 4.75. The van der Waals surface area contributed by atoms with Crippen molar-refractivity contribution in [2.75, 3.05) is 26.2 Å². The largest absolute Gasteiger partial charge is 0.487 e. The molecule has 0 saturated heterocycles. The number of ether oxygens (including phenoxy) is 1. The molecule has 4 nitrogen and oxygen atoms in total. The van der Waals surface area contributed by atoms with Crippen molar-refractivity contribution in [2.45, 2.75) is 33.4 Å². The summed E-state index contributed by atoms with van der Waals surface area (Å²) in [5.41, 5.74) is 4.70. The Bertz CT molecular complexity index is 682. The van der Waals surface area contributed by atoms with Crippen molar-refractivity contribution in [3.63, 3.8) is 0 Å². The zero-order valence-corrected chi connectivity index (χ0v) is 14.9. The molecule has 24 heavy (non-hydrogen) atoms. The first-order chi connectivity index (χ1) is 11.7. The Morgan fingerprint density at radius 3 is 2.83 bits per heavy atom. The highest BCUT2D eigenvalue weighted by atomic mass is 16.5. The molecule has 3 rings (SSSR count). The van der Waals surface area contributed by atoms with Crippen LogP contribution in [0, 0.1) is 6.92 Å². The van der Waals surface area contributed by atoms with Crippen LogP contribution in [0.2, 0.25) is 0 Å². The Balaban J connectivity index is 1.89. The highest BCUT2D eigenvalue weighted by molar-refractivity contribution is 5.46. The fourth-order valence-electron chi connectivity index (χ4n) is 3.30. The van der Waals surface area contributed by atoms with E-state index in [1.165, 1.54) is 16.7 Å². The van der Waals surface area contributed by atoms with Gasteiger partial charge in [0.1, 0.15) is 12.4 Å². The molecule has 0 bridgehead atoms. The lowest BCUT2D eigenvalue weighted by Crippen LogP contribution is -2.34. The molecule has 4 heteroatoms. The number of aromatic nitrogens is 1. The predicted octanol–water partition coefficient (Wildman–Crippen LogP) is 3.30. The number of fused-ring (bicyclic) bond motifs is 2. The van der Waals surface area contributed by atoms with E-state index < -0.39 is 0 Å². The number of rotatable bonds is 6. The zero-order valence-electron chi connectivity index (χ0n) is 14.9. The molecule has 0 saturated carbocycles. The molecular formula is C20H27N3O. The van der Waals surface area contributed by atoms with Gasteiger partial charge in [0.2, 0.25) is 0 Å². The monoisotopic (exact) mass is 325 g/mol. The average molecular weight is 325 g/mol. The Labute approximate surface area is 144 Å². The van der Waals surface area contributed by atoms with Crippen LogP contribution in [0.15, 0.2) is 36.5 Å². The van der Waals surface area contributed by atoms with Crippen molar-refractivity contribution in [3.05, 3.63) is 58.9 Å². The molecular weight excluding hydrogens is 298 g/mol. The summed E-state index contributed by atoms with van der Waals surface area (Å²) in [5.74, 6) is 0.957. The number of hydrogen-bond donors (Lipinski definition) is 1. The van der Waals surface area contributed by atoms with Gasteiger partial charge in [0.05, 0.1) is 11.7 Å². The molecule has 0 fully saturated rings. The molecule has 0 amide bonds. The Morgan fingerprint density at radius 1 is 1.21 bits per heavy atom. The van der Waals surface area contributed by atoms with E-state index in [1.54, 1.807) is 0 Å². The van der Waals surface area contributed by atoms with Gasteiger partial charge in [-0.05, 0) is 37.7 Å². The molecule has 0 spiro atoms. The molecule has 0 aliphatic carbocycles. The number of hydrogen-bond acceptors (Lipinski definition) is 4. The van der Waals surface area contributed by atoms with Crippen LogP contribution < -0.4 is 10.1 Å². The standard InChI is InChI=1S/C20H27N3O/c1-4-23(5-2)12-11-22-20-16-7-6-10-21-18(16)14-24-19-9-8-15(3)13-17(19)20/h6-10,13,20,22H,4-5,11-12,14H2,1-3H3. The lowest BCUT2D eigenvalue weighted by molar-refractivity contribution is 0.297. The molecule has 1 aliphatic heterocycles. The summed E-state index contributed by atoms with van der Waals surface area (Å²) in [6, 6.07) is 10.7. The number of nitrogens with one attached hydrogen (secondary N) is 1. The van der Waals surface area contributed by atoms with E-state index in [9.17, 15) is 0 Å². The minimum Gasteiger partial charge on any atom is -0.487 e. The molecule has 1 unspecified atom stereocenters. The first-order valence-electron chi connectivity index (χ1n) is 8.85. The summed E-state index contributed by atoms with van der Waals surface area (Å²) in [6.45, 7) is 11.2. The van der Waals surface area contributed by atoms with Crippen molar-refractivity contribution < 1.29 is 4.74 Å². The molecule has 1 N–H and O–H groups in total. The van der Waals surface area contributed by atoms with E-state index in [0.717, 1.165) is 37.6 Å². The van der Waals surface area contributed by atoms with E-state index in [1.807, 2.05) is 12.3 Å². The lowest BCUT2D eigenvalue weighted by atomic mass is 9.96. The molecule has 2 heterocycles. The van der Waals surface area contributed by atoms with E-state index in [2.05, 4.69) is 60.2 Å². The van der Waals surface area contributed by atoms with E-state index in [0.29, 0.717) is 6.61 Å². The summed E-state index contributed by atoms with van der Waals surface area (Å²) in [5, 5.41) is 3.74. The highest BCUT2D eigenvalue weighted by Gasteiger charge is 2.25. The van der Waals surface area contributed by atoms with Gasteiger partial charge in [-0.1, -0.05) is 37.6 Å². The van der Waals surface area contributed by atoms with Gasteiger partial charge in [0, 0.05) is 24.8 Å². The SMILES string of the molecule is CCN(CC)CCNC1c2cc(C)ccc2OCc2ncccc21. The van der Waals surface area contributed by atoms with Gasteiger partial charge in [-0.3, -0.25) is 4.98 Å². The predicted molar refractivity (Wildman–Crippen MR) is 97.4 cm³/mol. The summed E-state index contributed by atoms with van der Waals surface area (Å²) >= 11 is 0. The van der Waals surface area contributed by atoms with Crippen molar-refractivity contribution in [1.82, 2.24) is 15.2 Å². The molecule has 1 aliphatic rings. The minimum absolute atomic E-state index is 0.127. The van der Waals surface area contributed by atoms with Crippen molar-refractivity contribution in [1.29, 1.82) is 0 Å². The van der Waals surface area contributed by atoms with Gasteiger partial charge >= 0.3 is 0 Å². The topological polar surface area (TPSA) is 37.4 Å². The molecule has 1 atom stereocenters. The van der Waals surface area contributed by atoms with E-state index >= 15 is 0 Å². The second-order valence-corrected chi connectivity index (χ2v) is 6.28. The second kappa shape index (κ2) is 7.77. The molecule has 1 aromatic carbocycles. The second-order valence-electron chi connectivity index (χ2n) is 6.28. The van der Waals surface area contributed by atoms with Crippen molar-refractivity contribution >= 4 is 0 Å². The molecule has 0 radical (unpaired) electrons. The van der Waals surface area contributed by atoms with Crippen LogP contribution in [0.25, 0.3) is 0 Å². The van der Waals surface area contributed by atoms with Gasteiger partial charge in [-0.25, -0.2) is 0 Å². The van der Waals surface area contributed by atoms with Gasteiger partial charge in [0.25, 0.3) is 0 Å². The van der Waals surface area contributed by atoms with Crippen LogP contribution in [0.3, 0.4) is 0 Å². The highest BCUT2D eigenvalue weighted by Crippen LogP contribution is 2.35. The third kappa shape index (κ3) is 3.60. The maximum absolute atomic E-state index is 6.02. The average Bonchev–Trinajstić information content (AvgIpc) is 2.76. The van der Waals surface area contributed by atoms with Crippen LogP contribution in [0.5, 0.6) is 5.75 Å². The first kappa shape index (κ1) is 16.9. The maximum atomic E-state index is 6.02. The van der Waals surface area contributed by atoms with Crippen molar-refractivity contribution in [2.24, 2.45) is 0 Å².